The highest BCUT2D eigenvalue weighted by atomic mass is 16.5. The Hall–Kier alpha value is -0.0800. The first-order valence-corrected chi connectivity index (χ1v) is 3.69. The fourth-order valence-corrected chi connectivity index (χ4v) is 1.18. The molecule has 54 valence electrons. The molecule has 0 amide bonds. The van der Waals surface area contributed by atoms with E-state index in [-0.39, 0.29) is 0 Å². The van der Waals surface area contributed by atoms with Crippen molar-refractivity contribution in [3.8, 4) is 0 Å². The zero-order valence-electron chi connectivity index (χ0n) is 6.02. The van der Waals surface area contributed by atoms with E-state index in [0.717, 1.165) is 13.2 Å². The predicted molar refractivity (Wildman–Crippen MR) is 37.5 cm³/mol. The molecular formula is C7H15NO. The molecule has 1 atom stereocenters. The summed E-state index contributed by atoms with van der Waals surface area (Å²) >= 11 is 0. The van der Waals surface area contributed by atoms with E-state index in [9.17, 15) is 0 Å². The Labute approximate surface area is 56.6 Å². The SMILES string of the molecule is CNCC[C@H]1CCCO1. The molecule has 0 aromatic rings. The van der Waals surface area contributed by atoms with Gasteiger partial charge in [-0.3, -0.25) is 0 Å². The van der Waals surface area contributed by atoms with E-state index in [0.29, 0.717) is 6.10 Å². The summed E-state index contributed by atoms with van der Waals surface area (Å²) in [4.78, 5) is 0. The van der Waals surface area contributed by atoms with E-state index >= 15 is 0 Å². The molecule has 0 saturated carbocycles. The summed E-state index contributed by atoms with van der Waals surface area (Å²) in [6.07, 6.45) is 4.25. The zero-order chi connectivity index (χ0) is 6.53. The minimum absolute atomic E-state index is 0.553. The fraction of sp³-hybridized carbons (Fsp3) is 1.00. The van der Waals surface area contributed by atoms with E-state index < -0.39 is 0 Å². The van der Waals surface area contributed by atoms with Gasteiger partial charge in [-0.15, -0.1) is 0 Å². The summed E-state index contributed by atoms with van der Waals surface area (Å²) in [7, 11) is 1.98. The molecule has 1 aliphatic rings. The van der Waals surface area contributed by atoms with Crippen LogP contribution in [0.3, 0.4) is 0 Å². The Morgan fingerprint density at radius 1 is 1.67 bits per heavy atom. The van der Waals surface area contributed by atoms with Gasteiger partial charge in [0.15, 0.2) is 0 Å². The van der Waals surface area contributed by atoms with Crippen molar-refractivity contribution in [3.63, 3.8) is 0 Å². The molecule has 2 nitrogen and oxygen atoms in total. The predicted octanol–water partition coefficient (Wildman–Crippen LogP) is 0.775. The first-order chi connectivity index (χ1) is 4.43. The third-order valence-electron chi connectivity index (χ3n) is 1.74. The summed E-state index contributed by atoms with van der Waals surface area (Å²) < 4.78 is 5.42. The lowest BCUT2D eigenvalue weighted by Crippen LogP contribution is -2.15. The van der Waals surface area contributed by atoms with Crippen LogP contribution in [0.25, 0.3) is 0 Å². The number of hydrogen-bond donors (Lipinski definition) is 1. The van der Waals surface area contributed by atoms with Gasteiger partial charge >= 0.3 is 0 Å². The van der Waals surface area contributed by atoms with Crippen molar-refractivity contribution in [2.24, 2.45) is 0 Å². The molecule has 0 aromatic carbocycles. The van der Waals surface area contributed by atoms with Crippen LogP contribution in [0.15, 0.2) is 0 Å². The molecule has 0 spiro atoms. The highest BCUT2D eigenvalue weighted by Crippen LogP contribution is 2.13. The van der Waals surface area contributed by atoms with Gasteiger partial charge in [0.2, 0.25) is 0 Å². The number of ether oxygens (including phenoxy) is 1. The van der Waals surface area contributed by atoms with Crippen LogP contribution in [-0.2, 0) is 4.74 Å². The van der Waals surface area contributed by atoms with Gasteiger partial charge < -0.3 is 10.1 Å². The smallest absolute Gasteiger partial charge is 0.0588 e. The summed E-state index contributed by atoms with van der Waals surface area (Å²) in [6.45, 7) is 2.07. The second kappa shape index (κ2) is 3.85. The molecule has 0 aromatic heterocycles. The minimum atomic E-state index is 0.553. The van der Waals surface area contributed by atoms with Crippen molar-refractivity contribution < 1.29 is 4.74 Å². The third-order valence-corrected chi connectivity index (χ3v) is 1.74. The maximum atomic E-state index is 5.42. The Bertz CT molecular complexity index is 69.3. The molecule has 1 rings (SSSR count). The average Bonchev–Trinajstić information content (AvgIpc) is 2.34. The Morgan fingerprint density at radius 2 is 2.56 bits per heavy atom. The standard InChI is InChI=1S/C7H15NO/c1-8-5-4-7-3-2-6-9-7/h7-8H,2-6H2,1H3/t7-/m1/s1. The quantitative estimate of drug-likeness (QED) is 0.608. The van der Waals surface area contributed by atoms with Gasteiger partial charge in [0.25, 0.3) is 0 Å². The average molecular weight is 129 g/mol. The zero-order valence-corrected chi connectivity index (χ0v) is 6.02. The van der Waals surface area contributed by atoms with Gasteiger partial charge in [-0.25, -0.2) is 0 Å². The summed E-state index contributed by atoms with van der Waals surface area (Å²) in [5.41, 5.74) is 0. The van der Waals surface area contributed by atoms with Gasteiger partial charge in [-0.1, -0.05) is 0 Å². The van der Waals surface area contributed by atoms with Gasteiger partial charge in [-0.05, 0) is 32.9 Å². The lowest BCUT2D eigenvalue weighted by Gasteiger charge is -2.06. The van der Waals surface area contributed by atoms with Crippen LogP contribution >= 0.6 is 0 Å². The summed E-state index contributed by atoms with van der Waals surface area (Å²) in [5, 5.41) is 3.11. The lowest BCUT2D eigenvalue weighted by molar-refractivity contribution is 0.105. The molecule has 0 radical (unpaired) electrons. The molecule has 1 saturated heterocycles. The second-order valence-corrected chi connectivity index (χ2v) is 2.53. The van der Waals surface area contributed by atoms with Gasteiger partial charge in [0.05, 0.1) is 6.10 Å². The Morgan fingerprint density at radius 3 is 3.11 bits per heavy atom. The number of hydrogen-bond acceptors (Lipinski definition) is 2. The first kappa shape index (κ1) is 7.03. The van der Waals surface area contributed by atoms with Crippen LogP contribution < -0.4 is 5.32 Å². The molecule has 0 unspecified atom stereocenters. The summed E-state index contributed by atoms with van der Waals surface area (Å²) in [5.74, 6) is 0. The van der Waals surface area contributed by atoms with E-state index in [1.54, 1.807) is 0 Å². The van der Waals surface area contributed by atoms with Gasteiger partial charge in [0.1, 0.15) is 0 Å². The largest absolute Gasteiger partial charge is 0.378 e. The van der Waals surface area contributed by atoms with Crippen LogP contribution in [0.1, 0.15) is 19.3 Å². The van der Waals surface area contributed by atoms with Gasteiger partial charge in [0, 0.05) is 6.61 Å². The van der Waals surface area contributed by atoms with Crippen LogP contribution in [0.4, 0.5) is 0 Å². The van der Waals surface area contributed by atoms with Crippen molar-refractivity contribution in [2.45, 2.75) is 25.4 Å². The summed E-state index contributed by atoms with van der Waals surface area (Å²) in [6, 6.07) is 0. The van der Waals surface area contributed by atoms with Crippen molar-refractivity contribution in [2.75, 3.05) is 20.2 Å². The molecule has 0 aliphatic carbocycles. The highest BCUT2D eigenvalue weighted by Gasteiger charge is 2.13. The lowest BCUT2D eigenvalue weighted by atomic mass is 10.2. The van der Waals surface area contributed by atoms with Gasteiger partial charge in [-0.2, -0.15) is 0 Å². The molecule has 1 fully saturated rings. The van der Waals surface area contributed by atoms with Crippen molar-refractivity contribution >= 4 is 0 Å². The molecule has 1 heterocycles. The Kier molecular flexibility index (Phi) is 3.01. The van der Waals surface area contributed by atoms with Crippen LogP contribution in [0, 0.1) is 0 Å². The fourth-order valence-electron chi connectivity index (χ4n) is 1.18. The van der Waals surface area contributed by atoms with Crippen molar-refractivity contribution in [1.29, 1.82) is 0 Å². The second-order valence-electron chi connectivity index (χ2n) is 2.53. The molecule has 1 aliphatic heterocycles. The van der Waals surface area contributed by atoms with Crippen molar-refractivity contribution in [1.82, 2.24) is 5.32 Å². The molecule has 2 heteroatoms. The number of nitrogens with one attached hydrogen (secondary N) is 1. The van der Waals surface area contributed by atoms with Crippen LogP contribution in [-0.4, -0.2) is 26.3 Å². The first-order valence-electron chi connectivity index (χ1n) is 3.69. The Balaban J connectivity index is 1.98. The van der Waals surface area contributed by atoms with Crippen molar-refractivity contribution in [3.05, 3.63) is 0 Å². The van der Waals surface area contributed by atoms with E-state index in [4.69, 9.17) is 4.74 Å². The number of rotatable bonds is 3. The maximum Gasteiger partial charge on any atom is 0.0588 e. The third kappa shape index (κ3) is 2.33. The van der Waals surface area contributed by atoms with E-state index in [2.05, 4.69) is 5.32 Å². The normalized spacial score (nSPS) is 27.0. The van der Waals surface area contributed by atoms with Crippen LogP contribution in [0.5, 0.6) is 0 Å². The molecule has 0 bridgehead atoms. The van der Waals surface area contributed by atoms with Crippen LogP contribution in [0.2, 0.25) is 0 Å². The highest BCUT2D eigenvalue weighted by molar-refractivity contribution is 4.64. The molecular weight excluding hydrogens is 114 g/mol. The monoisotopic (exact) mass is 129 g/mol. The minimum Gasteiger partial charge on any atom is -0.378 e. The van der Waals surface area contributed by atoms with E-state index in [1.165, 1.54) is 19.3 Å². The molecule has 9 heavy (non-hydrogen) atoms. The van der Waals surface area contributed by atoms with E-state index in [1.807, 2.05) is 7.05 Å². The topological polar surface area (TPSA) is 21.3 Å². The molecule has 1 N–H and O–H groups in total. The maximum absolute atomic E-state index is 5.42.